The molecule has 0 unspecified atom stereocenters. The number of nitrogens with zero attached hydrogens (tertiary/aromatic N) is 1. The maximum atomic E-state index is 5.64. The summed E-state index contributed by atoms with van der Waals surface area (Å²) >= 11 is 1.40. The van der Waals surface area contributed by atoms with Crippen molar-refractivity contribution in [3.63, 3.8) is 0 Å². The molecule has 2 rings (SSSR count). The van der Waals surface area contributed by atoms with Crippen LogP contribution in [0.4, 0.5) is 15.8 Å². The number of anilines is 3. The zero-order valence-corrected chi connectivity index (χ0v) is 11.8. The van der Waals surface area contributed by atoms with Crippen LogP contribution in [0, 0.1) is 0 Å². The zero-order chi connectivity index (χ0) is 13.7. The number of rotatable bonds is 6. The van der Waals surface area contributed by atoms with Gasteiger partial charge in [-0.05, 0) is 26.0 Å². The summed E-state index contributed by atoms with van der Waals surface area (Å²) in [4.78, 5) is 4.16. The van der Waals surface area contributed by atoms with Crippen LogP contribution in [-0.2, 0) is 0 Å². The van der Waals surface area contributed by atoms with Crippen molar-refractivity contribution in [3.05, 3.63) is 24.4 Å². The third-order valence-electron chi connectivity index (χ3n) is 2.32. The number of thiazole rings is 1. The Morgan fingerprint density at radius 3 is 2.58 bits per heavy atom. The SMILES string of the molecule is CCOc1ccc(Nc2ncc(N)s2)cc1OCC. The molecule has 0 aliphatic rings. The topological polar surface area (TPSA) is 69.4 Å². The highest BCUT2D eigenvalue weighted by Gasteiger charge is 2.07. The molecule has 0 amide bonds. The predicted octanol–water partition coefficient (Wildman–Crippen LogP) is 3.27. The average Bonchev–Trinajstić information content (AvgIpc) is 2.79. The van der Waals surface area contributed by atoms with Crippen molar-refractivity contribution in [1.29, 1.82) is 0 Å². The molecule has 0 radical (unpaired) electrons. The Labute approximate surface area is 116 Å². The van der Waals surface area contributed by atoms with Crippen molar-refractivity contribution < 1.29 is 9.47 Å². The zero-order valence-electron chi connectivity index (χ0n) is 11.0. The smallest absolute Gasteiger partial charge is 0.189 e. The molecule has 0 fully saturated rings. The van der Waals surface area contributed by atoms with E-state index >= 15 is 0 Å². The normalized spacial score (nSPS) is 10.2. The Balaban J connectivity index is 2.19. The van der Waals surface area contributed by atoms with E-state index < -0.39 is 0 Å². The molecule has 102 valence electrons. The van der Waals surface area contributed by atoms with Gasteiger partial charge in [0.15, 0.2) is 16.6 Å². The number of aromatic nitrogens is 1. The summed E-state index contributed by atoms with van der Waals surface area (Å²) in [6.45, 7) is 5.08. The van der Waals surface area contributed by atoms with Crippen LogP contribution in [0.3, 0.4) is 0 Å². The van der Waals surface area contributed by atoms with E-state index in [0.29, 0.717) is 18.2 Å². The van der Waals surface area contributed by atoms with Gasteiger partial charge in [-0.2, -0.15) is 0 Å². The number of nitrogens with two attached hydrogens (primary N) is 1. The Bertz CT molecular complexity index is 542. The number of hydrogen-bond acceptors (Lipinski definition) is 6. The van der Waals surface area contributed by atoms with Crippen LogP contribution in [-0.4, -0.2) is 18.2 Å². The first kappa shape index (κ1) is 13.5. The second-order valence-electron chi connectivity index (χ2n) is 3.72. The van der Waals surface area contributed by atoms with Gasteiger partial charge in [-0.25, -0.2) is 4.98 Å². The fourth-order valence-corrected chi connectivity index (χ4v) is 2.20. The lowest BCUT2D eigenvalue weighted by atomic mass is 10.2. The van der Waals surface area contributed by atoms with Crippen molar-refractivity contribution in [2.45, 2.75) is 13.8 Å². The molecule has 0 saturated carbocycles. The van der Waals surface area contributed by atoms with Gasteiger partial charge in [0.2, 0.25) is 0 Å². The fraction of sp³-hybridized carbons (Fsp3) is 0.308. The molecule has 0 bridgehead atoms. The fourth-order valence-electron chi connectivity index (χ4n) is 1.60. The minimum absolute atomic E-state index is 0.591. The monoisotopic (exact) mass is 279 g/mol. The molecule has 1 aromatic heterocycles. The van der Waals surface area contributed by atoms with Gasteiger partial charge >= 0.3 is 0 Å². The first-order valence-corrected chi connectivity index (χ1v) is 6.92. The largest absolute Gasteiger partial charge is 0.490 e. The maximum absolute atomic E-state index is 5.64. The molecule has 19 heavy (non-hydrogen) atoms. The summed E-state index contributed by atoms with van der Waals surface area (Å²) in [6.07, 6.45) is 1.63. The van der Waals surface area contributed by atoms with Crippen molar-refractivity contribution in [2.24, 2.45) is 0 Å². The van der Waals surface area contributed by atoms with Crippen LogP contribution in [0.5, 0.6) is 11.5 Å². The van der Waals surface area contributed by atoms with Gasteiger partial charge in [0.1, 0.15) is 5.00 Å². The van der Waals surface area contributed by atoms with E-state index in [0.717, 1.165) is 22.3 Å². The molecular weight excluding hydrogens is 262 g/mol. The number of nitrogen functional groups attached to an aromatic ring is 1. The van der Waals surface area contributed by atoms with Crippen molar-refractivity contribution in [1.82, 2.24) is 4.98 Å². The van der Waals surface area contributed by atoms with E-state index in [9.17, 15) is 0 Å². The number of ether oxygens (including phenoxy) is 2. The maximum Gasteiger partial charge on any atom is 0.189 e. The summed E-state index contributed by atoms with van der Waals surface area (Å²) < 4.78 is 11.1. The molecule has 2 aromatic rings. The average molecular weight is 279 g/mol. The number of hydrogen-bond donors (Lipinski definition) is 2. The van der Waals surface area contributed by atoms with E-state index in [4.69, 9.17) is 15.2 Å². The van der Waals surface area contributed by atoms with Crippen LogP contribution < -0.4 is 20.5 Å². The minimum Gasteiger partial charge on any atom is -0.490 e. The third-order valence-corrected chi connectivity index (χ3v) is 3.06. The van der Waals surface area contributed by atoms with Gasteiger partial charge in [-0.1, -0.05) is 11.3 Å². The minimum atomic E-state index is 0.591. The molecule has 0 aliphatic heterocycles. The summed E-state index contributed by atoms with van der Waals surface area (Å²) in [6, 6.07) is 5.70. The van der Waals surface area contributed by atoms with Crippen LogP contribution >= 0.6 is 11.3 Å². The Kier molecular flexibility index (Phi) is 4.46. The molecule has 0 spiro atoms. The van der Waals surface area contributed by atoms with E-state index in [1.54, 1.807) is 6.20 Å². The number of nitrogens with one attached hydrogen (secondary N) is 1. The van der Waals surface area contributed by atoms with Crippen LogP contribution in [0.15, 0.2) is 24.4 Å². The first-order chi connectivity index (χ1) is 9.22. The van der Waals surface area contributed by atoms with Gasteiger partial charge in [0.25, 0.3) is 0 Å². The van der Waals surface area contributed by atoms with Gasteiger partial charge in [0.05, 0.1) is 19.4 Å². The lowest BCUT2D eigenvalue weighted by molar-refractivity contribution is 0.288. The van der Waals surface area contributed by atoms with Crippen molar-refractivity contribution >= 4 is 27.2 Å². The van der Waals surface area contributed by atoms with Gasteiger partial charge < -0.3 is 20.5 Å². The van der Waals surface area contributed by atoms with Gasteiger partial charge in [-0.15, -0.1) is 0 Å². The third kappa shape index (κ3) is 3.51. The molecule has 5 nitrogen and oxygen atoms in total. The highest BCUT2D eigenvalue weighted by Crippen LogP contribution is 2.32. The van der Waals surface area contributed by atoms with Crippen LogP contribution in [0.25, 0.3) is 0 Å². The quantitative estimate of drug-likeness (QED) is 0.849. The summed E-state index contributed by atoms with van der Waals surface area (Å²) in [7, 11) is 0. The van der Waals surface area contributed by atoms with E-state index in [1.807, 2.05) is 32.0 Å². The molecule has 0 saturated heterocycles. The molecule has 0 atom stereocenters. The van der Waals surface area contributed by atoms with E-state index in [1.165, 1.54) is 11.3 Å². The van der Waals surface area contributed by atoms with Crippen LogP contribution in [0.2, 0.25) is 0 Å². The molecule has 1 aromatic carbocycles. The van der Waals surface area contributed by atoms with Gasteiger partial charge in [0, 0.05) is 11.8 Å². The highest BCUT2D eigenvalue weighted by atomic mass is 32.1. The lowest BCUT2D eigenvalue weighted by Crippen LogP contribution is -1.99. The summed E-state index contributed by atoms with van der Waals surface area (Å²) in [5.41, 5.74) is 6.53. The standard InChI is InChI=1S/C13H17N3O2S/c1-3-17-10-6-5-9(7-11(10)18-4-2)16-13-15-8-12(14)19-13/h5-8H,3-4,14H2,1-2H3,(H,15,16). The summed E-state index contributed by atoms with van der Waals surface area (Å²) in [5.74, 6) is 1.47. The predicted molar refractivity (Wildman–Crippen MR) is 78.6 cm³/mol. The molecule has 1 heterocycles. The molecule has 3 N–H and O–H groups in total. The van der Waals surface area contributed by atoms with Gasteiger partial charge in [-0.3, -0.25) is 0 Å². The van der Waals surface area contributed by atoms with Crippen LogP contribution in [0.1, 0.15) is 13.8 Å². The Morgan fingerprint density at radius 2 is 1.95 bits per heavy atom. The Morgan fingerprint density at radius 1 is 1.21 bits per heavy atom. The van der Waals surface area contributed by atoms with E-state index in [-0.39, 0.29) is 0 Å². The highest BCUT2D eigenvalue weighted by molar-refractivity contribution is 7.19. The Hall–Kier alpha value is -1.95. The van der Waals surface area contributed by atoms with Crippen molar-refractivity contribution in [2.75, 3.05) is 24.3 Å². The molecule has 6 heteroatoms. The number of benzene rings is 1. The first-order valence-electron chi connectivity index (χ1n) is 6.11. The summed E-state index contributed by atoms with van der Waals surface area (Å²) in [5, 5.41) is 4.62. The van der Waals surface area contributed by atoms with E-state index in [2.05, 4.69) is 10.3 Å². The second-order valence-corrected chi connectivity index (χ2v) is 4.78. The lowest BCUT2D eigenvalue weighted by Gasteiger charge is -2.12. The molecular formula is C13H17N3O2S. The van der Waals surface area contributed by atoms with Crippen molar-refractivity contribution in [3.8, 4) is 11.5 Å². The second kappa shape index (κ2) is 6.29. The molecule has 0 aliphatic carbocycles.